The minimum Gasteiger partial charge on any atom is -0.355 e. The first kappa shape index (κ1) is 24.7. The molecular weight excluding hydrogens is 388 g/mol. The molecule has 1 amide bonds. The quantitative estimate of drug-likeness (QED) is 0.231. The lowest BCUT2D eigenvalue weighted by atomic mass is 9.89. The van der Waals surface area contributed by atoms with Gasteiger partial charge in [0.2, 0.25) is 5.91 Å². The van der Waals surface area contributed by atoms with Gasteiger partial charge in [-0.1, -0.05) is 77.5 Å². The molecular formula is C26H40N2OS. The van der Waals surface area contributed by atoms with Crippen LogP contribution in [0.1, 0.15) is 102 Å². The highest BCUT2D eigenvalue weighted by atomic mass is 32.2. The van der Waals surface area contributed by atoms with Gasteiger partial charge in [-0.25, -0.2) is 0 Å². The monoisotopic (exact) mass is 428 g/mol. The molecule has 0 spiro atoms. The van der Waals surface area contributed by atoms with Crippen molar-refractivity contribution >= 4 is 17.9 Å². The van der Waals surface area contributed by atoms with Crippen molar-refractivity contribution in [2.24, 2.45) is 0 Å². The number of rotatable bonds is 11. The van der Waals surface area contributed by atoms with Crippen LogP contribution in [0.2, 0.25) is 0 Å². The van der Waals surface area contributed by atoms with Crippen LogP contribution in [0.5, 0.6) is 0 Å². The molecule has 0 heterocycles. The molecule has 2 N–H and O–H groups in total. The van der Waals surface area contributed by atoms with Crippen LogP contribution in [0.25, 0.3) is 0 Å². The Kier molecular flexibility index (Phi) is 10.2. The van der Waals surface area contributed by atoms with E-state index in [-0.39, 0.29) is 5.91 Å². The van der Waals surface area contributed by atoms with Crippen molar-refractivity contribution in [3.8, 4) is 0 Å². The largest absolute Gasteiger partial charge is 0.355 e. The lowest BCUT2D eigenvalue weighted by Crippen LogP contribution is -2.32. The summed E-state index contributed by atoms with van der Waals surface area (Å²) in [5, 5.41) is 3.05. The molecule has 0 saturated heterocycles. The molecule has 0 aromatic heterocycles. The van der Waals surface area contributed by atoms with Crippen molar-refractivity contribution in [2.75, 3.05) is 13.1 Å². The van der Waals surface area contributed by atoms with Crippen LogP contribution in [0, 0.1) is 0 Å². The van der Waals surface area contributed by atoms with E-state index in [4.69, 9.17) is 0 Å². The van der Waals surface area contributed by atoms with Crippen LogP contribution in [0.4, 0.5) is 0 Å². The predicted octanol–water partition coefficient (Wildman–Crippen LogP) is 6.83. The van der Waals surface area contributed by atoms with Crippen LogP contribution in [-0.4, -0.2) is 19.0 Å². The number of carbonyl (C=O) groups excluding carboxylic acids is 1. The Hall–Kier alpha value is -1.52. The maximum atomic E-state index is 12.3. The average molecular weight is 429 g/mol. The van der Waals surface area contributed by atoms with E-state index in [1.807, 2.05) is 0 Å². The fourth-order valence-electron chi connectivity index (χ4n) is 3.64. The fraction of sp³-hybridized carbons (Fsp3) is 0.577. The van der Waals surface area contributed by atoms with Gasteiger partial charge in [0.15, 0.2) is 0 Å². The van der Waals surface area contributed by atoms with Gasteiger partial charge in [0.05, 0.1) is 6.54 Å². The lowest BCUT2D eigenvalue weighted by molar-refractivity contribution is -0.119. The van der Waals surface area contributed by atoms with Crippen molar-refractivity contribution in [2.45, 2.75) is 89.9 Å². The molecule has 0 saturated carbocycles. The van der Waals surface area contributed by atoms with Crippen molar-refractivity contribution in [1.82, 2.24) is 10.0 Å². The van der Waals surface area contributed by atoms with E-state index in [1.54, 1.807) is 11.9 Å². The number of benzene rings is 1. The summed E-state index contributed by atoms with van der Waals surface area (Å²) in [5.74, 6) is 1.47. The number of hydrogen-bond acceptors (Lipinski definition) is 3. The number of hydrogen-bond donors (Lipinski definition) is 2. The van der Waals surface area contributed by atoms with Crippen LogP contribution in [0.3, 0.4) is 0 Å². The number of allylic oxidation sites excluding steroid dienone is 4. The van der Waals surface area contributed by atoms with Crippen molar-refractivity contribution in [1.29, 1.82) is 0 Å². The van der Waals surface area contributed by atoms with Crippen LogP contribution < -0.4 is 10.0 Å². The third-order valence-corrected chi connectivity index (χ3v) is 6.54. The molecule has 0 fully saturated rings. The second kappa shape index (κ2) is 12.4. The molecule has 4 heteroatoms. The molecule has 166 valence electrons. The van der Waals surface area contributed by atoms with Gasteiger partial charge < -0.3 is 5.32 Å². The first-order chi connectivity index (χ1) is 14.3. The van der Waals surface area contributed by atoms with Gasteiger partial charge in [-0.3, -0.25) is 9.52 Å². The third kappa shape index (κ3) is 7.63. The smallest absolute Gasteiger partial charge is 0.234 e. The van der Waals surface area contributed by atoms with E-state index in [9.17, 15) is 4.79 Å². The number of nitrogens with one attached hydrogen (secondary N) is 2. The fourth-order valence-corrected chi connectivity index (χ4v) is 4.81. The summed E-state index contributed by atoms with van der Waals surface area (Å²) in [6, 6.07) is 4.70. The second-order valence-electron chi connectivity index (χ2n) is 9.14. The van der Waals surface area contributed by atoms with E-state index in [0.717, 1.165) is 32.2 Å². The topological polar surface area (TPSA) is 41.1 Å². The Labute approximate surface area is 188 Å². The zero-order valence-electron chi connectivity index (χ0n) is 19.7. The third-order valence-electron chi connectivity index (χ3n) is 5.57. The molecule has 1 aliphatic carbocycles. The summed E-state index contributed by atoms with van der Waals surface area (Å²) >= 11 is 1.61. The van der Waals surface area contributed by atoms with Crippen LogP contribution >= 0.6 is 11.9 Å². The van der Waals surface area contributed by atoms with Crippen LogP contribution in [-0.2, 0) is 4.79 Å². The minimum absolute atomic E-state index is 0.0658. The van der Waals surface area contributed by atoms with Crippen molar-refractivity contribution < 1.29 is 4.79 Å². The van der Waals surface area contributed by atoms with Gasteiger partial charge in [-0.05, 0) is 72.1 Å². The summed E-state index contributed by atoms with van der Waals surface area (Å²) < 4.78 is 3.32. The molecule has 2 rings (SSSR count). The SMILES string of the molecule is CC(C)c1cc(C(C)C)c(SNCC(=O)NCCCC2=CCC=CC2)c(C(C)C)c1. The van der Waals surface area contributed by atoms with Gasteiger partial charge in [-0.2, -0.15) is 0 Å². The standard InChI is InChI=1S/C26H40N2OS/c1-18(2)22-15-23(19(3)4)26(24(16-22)20(5)6)30-28-17-25(29)27-14-10-13-21-11-8-7-9-12-21/h7-8,12,15-16,18-20,28H,9-11,13-14,17H2,1-6H3,(H,27,29). The zero-order valence-corrected chi connectivity index (χ0v) is 20.5. The van der Waals surface area contributed by atoms with Crippen molar-refractivity contribution in [3.05, 3.63) is 52.6 Å². The molecule has 1 aromatic carbocycles. The number of carbonyl (C=O) groups is 1. The number of amides is 1. The molecule has 0 atom stereocenters. The lowest BCUT2D eigenvalue weighted by Gasteiger charge is -2.22. The first-order valence-corrected chi connectivity index (χ1v) is 12.3. The summed E-state index contributed by atoms with van der Waals surface area (Å²) in [4.78, 5) is 13.5. The van der Waals surface area contributed by atoms with Gasteiger partial charge in [0.25, 0.3) is 0 Å². The van der Waals surface area contributed by atoms with E-state index in [0.29, 0.717) is 24.3 Å². The molecule has 0 bridgehead atoms. The minimum atomic E-state index is 0.0658. The molecule has 30 heavy (non-hydrogen) atoms. The van der Waals surface area contributed by atoms with Crippen LogP contribution in [0.15, 0.2) is 40.8 Å². The molecule has 0 aliphatic heterocycles. The van der Waals surface area contributed by atoms with Gasteiger partial charge in [0, 0.05) is 11.4 Å². The Morgan fingerprint density at radius 2 is 1.67 bits per heavy atom. The van der Waals surface area contributed by atoms with Crippen molar-refractivity contribution in [3.63, 3.8) is 0 Å². The Morgan fingerprint density at radius 3 is 2.20 bits per heavy atom. The van der Waals surface area contributed by atoms with E-state index < -0.39 is 0 Å². The summed E-state index contributed by atoms with van der Waals surface area (Å²) in [6.45, 7) is 14.6. The van der Waals surface area contributed by atoms with Gasteiger partial charge in [0.1, 0.15) is 0 Å². The molecule has 1 aromatic rings. The zero-order chi connectivity index (χ0) is 22.1. The van der Waals surface area contributed by atoms with Gasteiger partial charge >= 0.3 is 0 Å². The van der Waals surface area contributed by atoms with E-state index >= 15 is 0 Å². The Balaban J connectivity index is 1.88. The summed E-state index contributed by atoms with van der Waals surface area (Å²) in [6.07, 6.45) is 11.0. The predicted molar refractivity (Wildman–Crippen MR) is 131 cm³/mol. The first-order valence-electron chi connectivity index (χ1n) is 11.5. The average Bonchev–Trinajstić information content (AvgIpc) is 2.71. The molecule has 0 radical (unpaired) electrons. The maximum absolute atomic E-state index is 12.3. The van der Waals surface area contributed by atoms with E-state index in [1.165, 1.54) is 27.2 Å². The highest BCUT2D eigenvalue weighted by Gasteiger charge is 2.18. The normalized spacial score (nSPS) is 14.0. The highest BCUT2D eigenvalue weighted by Crippen LogP contribution is 2.37. The van der Waals surface area contributed by atoms with Gasteiger partial charge in [-0.15, -0.1) is 0 Å². The Morgan fingerprint density at radius 1 is 1.00 bits per heavy atom. The highest BCUT2D eigenvalue weighted by molar-refractivity contribution is 7.97. The molecule has 0 unspecified atom stereocenters. The molecule has 1 aliphatic rings. The molecule has 3 nitrogen and oxygen atoms in total. The second-order valence-corrected chi connectivity index (χ2v) is 10.0. The summed E-state index contributed by atoms with van der Waals surface area (Å²) in [5.41, 5.74) is 5.64. The van der Waals surface area contributed by atoms with E-state index in [2.05, 4.69) is 81.9 Å². The summed E-state index contributed by atoms with van der Waals surface area (Å²) in [7, 11) is 0. The Bertz CT molecular complexity index is 733. The maximum Gasteiger partial charge on any atom is 0.234 e.